The maximum atomic E-state index is 11.2. The van der Waals surface area contributed by atoms with Crippen molar-refractivity contribution in [3.05, 3.63) is 21.2 Å². The van der Waals surface area contributed by atoms with Gasteiger partial charge in [0.2, 0.25) is 0 Å². The van der Waals surface area contributed by atoms with Crippen LogP contribution < -0.4 is 10.9 Å². The zero-order valence-electron chi connectivity index (χ0n) is 9.17. The summed E-state index contributed by atoms with van der Waals surface area (Å²) in [6.45, 7) is 7.32. The SMILES string of the molecule is CC(C)C(C)CNc1nc[nH]c(=O)c1Br. The Labute approximate surface area is 97.6 Å². The van der Waals surface area contributed by atoms with Crippen LogP contribution in [0.2, 0.25) is 0 Å². The number of anilines is 1. The van der Waals surface area contributed by atoms with Gasteiger partial charge in [-0.1, -0.05) is 20.8 Å². The molecule has 0 aromatic carbocycles. The summed E-state index contributed by atoms with van der Waals surface area (Å²) in [6, 6.07) is 0. The number of rotatable bonds is 4. The summed E-state index contributed by atoms with van der Waals surface area (Å²) in [5.41, 5.74) is -0.162. The van der Waals surface area contributed by atoms with Crippen molar-refractivity contribution in [3.8, 4) is 0 Å². The van der Waals surface area contributed by atoms with Crippen LogP contribution in [-0.2, 0) is 0 Å². The molecule has 84 valence electrons. The number of H-pyrrole nitrogens is 1. The van der Waals surface area contributed by atoms with E-state index < -0.39 is 0 Å². The highest BCUT2D eigenvalue weighted by Gasteiger charge is 2.09. The Balaban J connectivity index is 2.66. The molecule has 0 amide bonds. The van der Waals surface area contributed by atoms with E-state index in [-0.39, 0.29) is 5.56 Å². The van der Waals surface area contributed by atoms with Crippen LogP contribution in [0.1, 0.15) is 20.8 Å². The van der Waals surface area contributed by atoms with Crippen molar-refractivity contribution < 1.29 is 0 Å². The molecule has 4 nitrogen and oxygen atoms in total. The van der Waals surface area contributed by atoms with Crippen LogP contribution in [0, 0.1) is 11.8 Å². The lowest BCUT2D eigenvalue weighted by Gasteiger charge is -2.16. The Morgan fingerprint density at radius 1 is 1.53 bits per heavy atom. The van der Waals surface area contributed by atoms with Crippen LogP contribution in [0.4, 0.5) is 5.82 Å². The zero-order valence-corrected chi connectivity index (χ0v) is 10.8. The summed E-state index contributed by atoms with van der Waals surface area (Å²) in [5, 5.41) is 3.16. The molecule has 0 saturated heterocycles. The smallest absolute Gasteiger partial charge is 0.267 e. The Morgan fingerprint density at radius 3 is 2.80 bits per heavy atom. The molecule has 0 aliphatic carbocycles. The molecule has 5 heteroatoms. The molecule has 1 atom stereocenters. The van der Waals surface area contributed by atoms with Gasteiger partial charge < -0.3 is 10.3 Å². The molecule has 1 rings (SSSR count). The van der Waals surface area contributed by atoms with Gasteiger partial charge in [-0.25, -0.2) is 4.98 Å². The minimum Gasteiger partial charge on any atom is -0.369 e. The van der Waals surface area contributed by atoms with Crippen molar-refractivity contribution in [1.29, 1.82) is 0 Å². The third-order valence-corrected chi connectivity index (χ3v) is 3.26. The van der Waals surface area contributed by atoms with Crippen molar-refractivity contribution in [2.45, 2.75) is 20.8 Å². The van der Waals surface area contributed by atoms with Crippen LogP contribution in [0.3, 0.4) is 0 Å². The Bertz CT molecular complexity index is 375. The van der Waals surface area contributed by atoms with Crippen molar-refractivity contribution in [3.63, 3.8) is 0 Å². The number of aromatic amines is 1. The lowest BCUT2D eigenvalue weighted by atomic mass is 9.98. The van der Waals surface area contributed by atoms with E-state index in [0.717, 1.165) is 6.54 Å². The van der Waals surface area contributed by atoms with Crippen molar-refractivity contribution in [2.75, 3.05) is 11.9 Å². The van der Waals surface area contributed by atoms with E-state index in [9.17, 15) is 4.79 Å². The molecule has 15 heavy (non-hydrogen) atoms. The number of halogens is 1. The molecule has 0 aliphatic heterocycles. The predicted octanol–water partition coefficient (Wildman–Crippen LogP) is 2.24. The molecule has 1 heterocycles. The molecule has 1 aromatic heterocycles. The second-order valence-corrected chi connectivity index (χ2v) is 4.79. The fourth-order valence-corrected chi connectivity index (χ4v) is 1.36. The van der Waals surface area contributed by atoms with Gasteiger partial charge in [0.15, 0.2) is 0 Å². The number of nitrogens with one attached hydrogen (secondary N) is 2. The number of aromatic nitrogens is 2. The van der Waals surface area contributed by atoms with Gasteiger partial charge in [-0.05, 0) is 27.8 Å². The summed E-state index contributed by atoms with van der Waals surface area (Å²) in [4.78, 5) is 17.8. The van der Waals surface area contributed by atoms with Crippen LogP contribution in [-0.4, -0.2) is 16.5 Å². The topological polar surface area (TPSA) is 57.8 Å². The first-order valence-electron chi connectivity index (χ1n) is 4.99. The summed E-state index contributed by atoms with van der Waals surface area (Å²) in [6.07, 6.45) is 1.40. The van der Waals surface area contributed by atoms with Crippen molar-refractivity contribution >= 4 is 21.7 Å². The van der Waals surface area contributed by atoms with Gasteiger partial charge in [-0.2, -0.15) is 0 Å². The molecular formula is C10H16BrN3O. The van der Waals surface area contributed by atoms with Gasteiger partial charge >= 0.3 is 0 Å². The summed E-state index contributed by atoms with van der Waals surface area (Å²) < 4.78 is 0.459. The quantitative estimate of drug-likeness (QED) is 0.885. The molecule has 0 radical (unpaired) electrons. The highest BCUT2D eigenvalue weighted by Crippen LogP contribution is 2.15. The Morgan fingerprint density at radius 2 is 2.20 bits per heavy atom. The first-order chi connectivity index (χ1) is 7.02. The van der Waals surface area contributed by atoms with Gasteiger partial charge in [0.25, 0.3) is 5.56 Å². The van der Waals surface area contributed by atoms with Crippen LogP contribution in [0.5, 0.6) is 0 Å². The molecule has 2 N–H and O–H groups in total. The van der Waals surface area contributed by atoms with Gasteiger partial charge in [0.05, 0.1) is 6.33 Å². The second-order valence-electron chi connectivity index (χ2n) is 4.00. The van der Waals surface area contributed by atoms with E-state index >= 15 is 0 Å². The van der Waals surface area contributed by atoms with E-state index in [1.165, 1.54) is 6.33 Å². The standard InChI is InChI=1S/C10H16BrN3O/c1-6(2)7(3)4-12-9-8(11)10(15)14-5-13-9/h5-7H,4H2,1-3H3,(H2,12,13,14,15). The van der Waals surface area contributed by atoms with E-state index in [1.54, 1.807) is 0 Å². The van der Waals surface area contributed by atoms with Crippen LogP contribution in [0.15, 0.2) is 15.6 Å². The minimum atomic E-state index is -0.162. The van der Waals surface area contributed by atoms with Crippen molar-refractivity contribution in [1.82, 2.24) is 9.97 Å². The normalized spacial score (nSPS) is 12.9. The van der Waals surface area contributed by atoms with Gasteiger partial charge in [-0.15, -0.1) is 0 Å². The van der Waals surface area contributed by atoms with E-state index in [2.05, 4.69) is 52.0 Å². The average molecular weight is 274 g/mol. The lowest BCUT2D eigenvalue weighted by molar-refractivity contribution is 0.439. The monoisotopic (exact) mass is 273 g/mol. The van der Waals surface area contributed by atoms with Gasteiger partial charge in [0.1, 0.15) is 10.3 Å². The number of hydrogen-bond acceptors (Lipinski definition) is 3. The summed E-state index contributed by atoms with van der Waals surface area (Å²) in [5.74, 6) is 1.75. The molecule has 0 bridgehead atoms. The maximum absolute atomic E-state index is 11.2. The van der Waals surface area contributed by atoms with Gasteiger partial charge in [-0.3, -0.25) is 4.79 Å². The first kappa shape index (κ1) is 12.2. The fraction of sp³-hybridized carbons (Fsp3) is 0.600. The summed E-state index contributed by atoms with van der Waals surface area (Å²) in [7, 11) is 0. The summed E-state index contributed by atoms with van der Waals surface area (Å²) >= 11 is 3.20. The van der Waals surface area contributed by atoms with E-state index in [4.69, 9.17) is 0 Å². The number of nitrogens with zero attached hydrogens (tertiary/aromatic N) is 1. The third-order valence-electron chi connectivity index (χ3n) is 2.53. The van der Waals surface area contributed by atoms with Crippen molar-refractivity contribution in [2.24, 2.45) is 11.8 Å². The second kappa shape index (κ2) is 5.30. The third kappa shape index (κ3) is 3.34. The molecular weight excluding hydrogens is 258 g/mol. The van der Waals surface area contributed by atoms with Crippen LogP contribution in [0.25, 0.3) is 0 Å². The highest BCUT2D eigenvalue weighted by molar-refractivity contribution is 9.10. The molecule has 1 aromatic rings. The largest absolute Gasteiger partial charge is 0.369 e. The van der Waals surface area contributed by atoms with E-state index in [0.29, 0.717) is 22.1 Å². The highest BCUT2D eigenvalue weighted by atomic mass is 79.9. The maximum Gasteiger partial charge on any atom is 0.267 e. The number of hydrogen-bond donors (Lipinski definition) is 2. The predicted molar refractivity (Wildman–Crippen MR) is 65.0 cm³/mol. The fourth-order valence-electron chi connectivity index (χ4n) is 1.000. The molecule has 0 fully saturated rings. The first-order valence-corrected chi connectivity index (χ1v) is 5.78. The van der Waals surface area contributed by atoms with E-state index in [1.807, 2.05) is 0 Å². The molecule has 0 spiro atoms. The van der Waals surface area contributed by atoms with Gasteiger partial charge in [0, 0.05) is 6.54 Å². The zero-order chi connectivity index (χ0) is 11.4. The molecule has 1 unspecified atom stereocenters. The Kier molecular flexibility index (Phi) is 4.32. The van der Waals surface area contributed by atoms with Crippen LogP contribution >= 0.6 is 15.9 Å². The lowest BCUT2D eigenvalue weighted by Crippen LogP contribution is -2.19. The molecule has 0 saturated carbocycles. The average Bonchev–Trinajstić information content (AvgIpc) is 2.19. The minimum absolute atomic E-state index is 0.162. The Hall–Kier alpha value is -0.840. The molecule has 0 aliphatic rings.